The van der Waals surface area contributed by atoms with Crippen molar-refractivity contribution >= 4 is 39.7 Å². The van der Waals surface area contributed by atoms with Gasteiger partial charge in [0.15, 0.2) is 0 Å². The summed E-state index contributed by atoms with van der Waals surface area (Å²) in [5.74, 6) is -4.45. The van der Waals surface area contributed by atoms with Crippen LogP contribution in [0.1, 0.15) is 49.8 Å². The SMILES string of the molecule is CCc1ccccc1NC(=O)C1C(=O)CC(C)(O)C(C(=O)Nc2ccccc2CC)C1c1cccc2ccccc12. The van der Waals surface area contributed by atoms with Gasteiger partial charge in [-0.25, -0.2) is 0 Å². The van der Waals surface area contributed by atoms with Crippen molar-refractivity contribution in [1.29, 1.82) is 0 Å². The van der Waals surface area contributed by atoms with Gasteiger partial charge in [-0.2, -0.15) is 0 Å². The zero-order chi connectivity index (χ0) is 29.1. The minimum absolute atomic E-state index is 0.310. The number of nitrogens with one attached hydrogen (secondary N) is 2. The van der Waals surface area contributed by atoms with Gasteiger partial charge in [0.25, 0.3) is 0 Å². The summed E-state index contributed by atoms with van der Waals surface area (Å²) in [6.07, 6.45) is 1.11. The molecule has 0 bridgehead atoms. The Morgan fingerprint density at radius 1 is 0.780 bits per heavy atom. The summed E-state index contributed by atoms with van der Waals surface area (Å²) in [7, 11) is 0. The van der Waals surface area contributed by atoms with Crippen LogP contribution in [0.5, 0.6) is 0 Å². The van der Waals surface area contributed by atoms with Gasteiger partial charge in [-0.1, -0.05) is 92.7 Å². The Morgan fingerprint density at radius 2 is 1.32 bits per heavy atom. The zero-order valence-corrected chi connectivity index (χ0v) is 23.7. The maximum atomic E-state index is 14.2. The number of anilines is 2. The van der Waals surface area contributed by atoms with Crippen molar-refractivity contribution in [3.63, 3.8) is 0 Å². The van der Waals surface area contributed by atoms with Crippen LogP contribution in [0.25, 0.3) is 10.8 Å². The first-order chi connectivity index (χ1) is 19.7. The molecule has 4 aromatic carbocycles. The van der Waals surface area contributed by atoms with E-state index in [2.05, 4.69) is 10.6 Å². The molecular weight excluding hydrogens is 512 g/mol. The predicted molar refractivity (Wildman–Crippen MR) is 163 cm³/mol. The third kappa shape index (κ3) is 5.52. The molecule has 5 rings (SSSR count). The van der Waals surface area contributed by atoms with E-state index >= 15 is 0 Å². The first-order valence-electron chi connectivity index (χ1n) is 14.3. The fraction of sp³-hybridized carbons (Fsp3) is 0.286. The van der Waals surface area contributed by atoms with Crippen LogP contribution in [0.2, 0.25) is 0 Å². The summed E-state index contributed by atoms with van der Waals surface area (Å²) >= 11 is 0. The fourth-order valence-corrected chi connectivity index (χ4v) is 6.33. The molecular formula is C35H36N2O4. The fourth-order valence-electron chi connectivity index (χ4n) is 6.33. The van der Waals surface area contributed by atoms with E-state index in [1.165, 1.54) is 6.92 Å². The minimum atomic E-state index is -1.68. The predicted octanol–water partition coefficient (Wildman–Crippen LogP) is 6.28. The molecule has 1 aliphatic carbocycles. The Labute approximate surface area is 240 Å². The summed E-state index contributed by atoms with van der Waals surface area (Å²) in [6.45, 7) is 5.54. The van der Waals surface area contributed by atoms with Crippen LogP contribution in [0.15, 0.2) is 91.0 Å². The van der Waals surface area contributed by atoms with Crippen LogP contribution in [0, 0.1) is 11.8 Å². The average Bonchev–Trinajstić information content (AvgIpc) is 2.96. The molecule has 6 heteroatoms. The molecule has 0 aliphatic heterocycles. The van der Waals surface area contributed by atoms with Gasteiger partial charge in [0.2, 0.25) is 11.8 Å². The number of carbonyl (C=O) groups is 3. The third-order valence-electron chi connectivity index (χ3n) is 8.33. The van der Waals surface area contributed by atoms with Crippen LogP contribution in [0.4, 0.5) is 11.4 Å². The van der Waals surface area contributed by atoms with Gasteiger partial charge in [0.05, 0.1) is 11.5 Å². The Bertz CT molecular complexity index is 1600. The van der Waals surface area contributed by atoms with E-state index in [0.29, 0.717) is 29.8 Å². The second-order valence-electron chi connectivity index (χ2n) is 11.0. The summed E-state index contributed by atoms with van der Waals surface area (Å²) in [4.78, 5) is 42.0. The van der Waals surface area contributed by atoms with Crippen LogP contribution < -0.4 is 10.6 Å². The van der Waals surface area contributed by atoms with E-state index in [1.807, 2.05) is 105 Å². The van der Waals surface area contributed by atoms with E-state index < -0.39 is 41.0 Å². The third-order valence-corrected chi connectivity index (χ3v) is 8.33. The molecule has 210 valence electrons. The van der Waals surface area contributed by atoms with E-state index in [-0.39, 0.29) is 6.42 Å². The van der Waals surface area contributed by atoms with Crippen molar-refractivity contribution < 1.29 is 19.5 Å². The molecule has 1 fully saturated rings. The lowest BCUT2D eigenvalue weighted by Crippen LogP contribution is -2.56. The summed E-state index contributed by atoms with van der Waals surface area (Å²) < 4.78 is 0. The number of amides is 2. The molecule has 0 heterocycles. The van der Waals surface area contributed by atoms with Crippen LogP contribution in [-0.2, 0) is 27.2 Å². The smallest absolute Gasteiger partial charge is 0.235 e. The average molecular weight is 549 g/mol. The number of rotatable bonds is 7. The molecule has 0 aromatic heterocycles. The topological polar surface area (TPSA) is 95.5 Å². The normalized spacial score (nSPS) is 22.3. The largest absolute Gasteiger partial charge is 0.389 e. The molecule has 6 nitrogen and oxygen atoms in total. The quantitative estimate of drug-likeness (QED) is 0.237. The van der Waals surface area contributed by atoms with E-state index in [4.69, 9.17) is 0 Å². The van der Waals surface area contributed by atoms with Gasteiger partial charge in [0, 0.05) is 23.7 Å². The van der Waals surface area contributed by atoms with Gasteiger partial charge in [-0.15, -0.1) is 0 Å². The molecule has 3 N–H and O–H groups in total. The van der Waals surface area contributed by atoms with Crippen molar-refractivity contribution in [2.24, 2.45) is 11.8 Å². The number of hydrogen-bond acceptors (Lipinski definition) is 4. The van der Waals surface area contributed by atoms with E-state index in [1.54, 1.807) is 0 Å². The molecule has 41 heavy (non-hydrogen) atoms. The number of hydrogen-bond donors (Lipinski definition) is 3. The Balaban J connectivity index is 1.65. The highest BCUT2D eigenvalue weighted by Gasteiger charge is 2.56. The maximum absolute atomic E-state index is 14.2. The summed E-state index contributed by atoms with van der Waals surface area (Å²) in [6, 6.07) is 28.4. The number of para-hydroxylation sites is 2. The highest BCUT2D eigenvalue weighted by atomic mass is 16.3. The van der Waals surface area contributed by atoms with Crippen LogP contribution in [0.3, 0.4) is 0 Å². The summed E-state index contributed by atoms with van der Waals surface area (Å²) in [5.41, 5.74) is 2.20. The maximum Gasteiger partial charge on any atom is 0.235 e. The number of Topliss-reactive ketones (excluding diaryl/α,β-unsaturated/α-hetero) is 1. The number of fused-ring (bicyclic) bond motifs is 1. The second-order valence-corrected chi connectivity index (χ2v) is 11.0. The van der Waals surface area contributed by atoms with Gasteiger partial charge >= 0.3 is 0 Å². The first-order valence-corrected chi connectivity index (χ1v) is 14.3. The number of benzene rings is 4. The van der Waals surface area contributed by atoms with Crippen molar-refractivity contribution in [2.75, 3.05) is 10.6 Å². The standard InChI is InChI=1S/C35H36N2O4/c1-4-22-13-7-10-19-27(22)36-33(39)31-29(38)21-35(3,41)32(34(40)37-28-20-11-8-14-23(28)5-2)30(31)26-18-12-16-24-15-6-9-17-25(24)26/h6-20,30-32,41H,4-5,21H2,1-3H3,(H,36,39)(H,37,40). The monoisotopic (exact) mass is 548 g/mol. The first kappa shape index (κ1) is 28.2. The van der Waals surface area contributed by atoms with Crippen LogP contribution in [-0.4, -0.2) is 28.3 Å². The summed E-state index contributed by atoms with van der Waals surface area (Å²) in [5, 5.41) is 19.5. The lowest BCUT2D eigenvalue weighted by atomic mass is 9.60. The second kappa shape index (κ2) is 11.7. The van der Waals surface area contributed by atoms with Crippen LogP contribution >= 0.6 is 0 Å². The molecule has 2 amide bonds. The highest BCUT2D eigenvalue weighted by Crippen LogP contribution is 2.48. The number of ketones is 1. The van der Waals surface area contributed by atoms with Crippen molar-refractivity contribution in [3.8, 4) is 0 Å². The van der Waals surface area contributed by atoms with E-state index in [9.17, 15) is 19.5 Å². The minimum Gasteiger partial charge on any atom is -0.389 e. The zero-order valence-electron chi connectivity index (χ0n) is 23.7. The molecule has 0 radical (unpaired) electrons. The number of carbonyl (C=O) groups excluding carboxylic acids is 3. The molecule has 4 atom stereocenters. The van der Waals surface area contributed by atoms with Gasteiger partial charge in [-0.3, -0.25) is 14.4 Å². The molecule has 4 aromatic rings. The highest BCUT2D eigenvalue weighted by molar-refractivity contribution is 6.11. The molecule has 0 spiro atoms. The lowest BCUT2D eigenvalue weighted by Gasteiger charge is -2.45. The Hall–Kier alpha value is -4.29. The van der Waals surface area contributed by atoms with Gasteiger partial charge in [-0.05, 0) is 59.4 Å². The Kier molecular flexibility index (Phi) is 8.04. The molecule has 1 saturated carbocycles. The van der Waals surface area contributed by atoms with E-state index in [0.717, 1.165) is 21.9 Å². The Morgan fingerprint density at radius 3 is 1.95 bits per heavy atom. The van der Waals surface area contributed by atoms with Crippen molar-refractivity contribution in [1.82, 2.24) is 0 Å². The molecule has 4 unspecified atom stereocenters. The van der Waals surface area contributed by atoms with Crippen molar-refractivity contribution in [3.05, 3.63) is 108 Å². The lowest BCUT2D eigenvalue weighted by molar-refractivity contribution is -0.150. The van der Waals surface area contributed by atoms with Gasteiger partial charge in [0.1, 0.15) is 11.7 Å². The van der Waals surface area contributed by atoms with Crippen molar-refractivity contribution in [2.45, 2.75) is 51.6 Å². The number of aryl methyl sites for hydroxylation is 2. The number of aliphatic hydroxyl groups is 1. The molecule has 1 aliphatic rings. The van der Waals surface area contributed by atoms with Gasteiger partial charge < -0.3 is 15.7 Å². The molecule has 0 saturated heterocycles.